The zero-order valence-electron chi connectivity index (χ0n) is 4.22. The Morgan fingerprint density at radius 3 is 2.67 bits per heavy atom. The molecule has 2 heteroatoms. The standard InChI is InChI=1S/C4H6O2/c5-4(6)3-1-2-3/h3H,1-2H2,(H,5,6)/i1D. The highest BCUT2D eigenvalue weighted by atomic mass is 16.4. The van der Waals surface area contributed by atoms with Gasteiger partial charge >= 0.3 is 5.97 Å². The fraction of sp³-hybridized carbons (Fsp3) is 0.750. The first-order valence-corrected chi connectivity index (χ1v) is 1.87. The maximum Gasteiger partial charge on any atom is 0.306 e. The monoisotopic (exact) mass is 87.0 g/mol. The maximum absolute atomic E-state index is 9.85. The summed E-state index contributed by atoms with van der Waals surface area (Å²) in [5, 5.41) is 8.10. The molecule has 0 spiro atoms. The third kappa shape index (κ3) is 0.506. The zero-order valence-corrected chi connectivity index (χ0v) is 3.22. The van der Waals surface area contributed by atoms with Gasteiger partial charge in [0, 0.05) is 1.37 Å². The zero-order chi connectivity index (χ0) is 5.44. The molecule has 0 saturated heterocycles. The molecule has 0 heterocycles. The van der Waals surface area contributed by atoms with Gasteiger partial charge in [-0.15, -0.1) is 0 Å². The van der Waals surface area contributed by atoms with E-state index in [1.54, 1.807) is 0 Å². The first kappa shape index (κ1) is 2.61. The van der Waals surface area contributed by atoms with Gasteiger partial charge < -0.3 is 5.11 Å². The van der Waals surface area contributed by atoms with Crippen molar-refractivity contribution in [2.45, 2.75) is 12.8 Å². The summed E-state index contributed by atoms with van der Waals surface area (Å²) in [6.07, 6.45) is 0.243. The van der Waals surface area contributed by atoms with Crippen LogP contribution >= 0.6 is 0 Å². The lowest BCUT2D eigenvalue weighted by Gasteiger charge is -1.75. The summed E-state index contributed by atoms with van der Waals surface area (Å²) >= 11 is 0. The number of hydrogen-bond donors (Lipinski definition) is 1. The number of carboxylic acids is 1. The molecule has 6 heavy (non-hydrogen) atoms. The summed E-state index contributed by atoms with van der Waals surface area (Å²) < 4.78 is 6.80. The van der Waals surface area contributed by atoms with Crippen LogP contribution in [0.15, 0.2) is 0 Å². The van der Waals surface area contributed by atoms with Crippen molar-refractivity contribution in [1.82, 2.24) is 0 Å². The summed E-state index contributed by atoms with van der Waals surface area (Å²) in [6, 6.07) is 0. The highest BCUT2D eigenvalue weighted by Gasteiger charge is 2.28. The molecule has 1 aliphatic carbocycles. The summed E-state index contributed by atoms with van der Waals surface area (Å²) in [5.74, 6) is -1.17. The van der Waals surface area contributed by atoms with Gasteiger partial charge in [-0.1, -0.05) is 0 Å². The summed E-state index contributed by atoms with van der Waals surface area (Å²) in [5.41, 5.74) is 0. The van der Waals surface area contributed by atoms with Crippen molar-refractivity contribution < 1.29 is 11.3 Å². The van der Waals surface area contributed by atoms with Crippen molar-refractivity contribution in [2.24, 2.45) is 5.92 Å². The van der Waals surface area contributed by atoms with Gasteiger partial charge in [0.15, 0.2) is 0 Å². The van der Waals surface area contributed by atoms with Crippen molar-refractivity contribution in [2.75, 3.05) is 0 Å². The largest absolute Gasteiger partial charge is 0.481 e. The van der Waals surface area contributed by atoms with E-state index in [0.29, 0.717) is 6.42 Å². The molecule has 34 valence electrons. The van der Waals surface area contributed by atoms with Gasteiger partial charge in [0.05, 0.1) is 5.92 Å². The predicted octanol–water partition coefficient (Wildman–Crippen LogP) is 0.481. The van der Waals surface area contributed by atoms with Crippen LogP contribution in [-0.2, 0) is 4.79 Å². The minimum atomic E-state index is -0.819. The molecule has 2 unspecified atom stereocenters. The quantitative estimate of drug-likeness (QED) is 0.505. The molecule has 0 amide bonds. The van der Waals surface area contributed by atoms with Crippen molar-refractivity contribution >= 4 is 5.97 Å². The topological polar surface area (TPSA) is 37.3 Å². The minimum absolute atomic E-state index is 0.308. The van der Waals surface area contributed by atoms with Crippen molar-refractivity contribution in [3.8, 4) is 0 Å². The predicted molar refractivity (Wildman–Crippen MR) is 20.4 cm³/mol. The summed E-state index contributed by atoms with van der Waals surface area (Å²) in [4.78, 5) is 9.85. The fourth-order valence-electron chi connectivity index (χ4n) is 0.270. The van der Waals surface area contributed by atoms with E-state index in [1.807, 2.05) is 0 Å². The van der Waals surface area contributed by atoms with Gasteiger partial charge in [-0.25, -0.2) is 0 Å². The molecule has 0 aromatic heterocycles. The maximum atomic E-state index is 9.85. The van der Waals surface area contributed by atoms with Crippen LogP contribution < -0.4 is 0 Å². The Hall–Kier alpha value is -0.530. The SMILES string of the molecule is [2H]C1CC1C(=O)O. The van der Waals surface area contributed by atoms with E-state index < -0.39 is 5.97 Å². The van der Waals surface area contributed by atoms with Crippen LogP contribution in [0.3, 0.4) is 0 Å². The van der Waals surface area contributed by atoms with Crippen LogP contribution in [0.1, 0.15) is 14.2 Å². The lowest BCUT2D eigenvalue weighted by molar-refractivity contribution is -0.138. The molecule has 1 saturated carbocycles. The van der Waals surface area contributed by atoms with Crippen LogP contribution in [0, 0.1) is 5.92 Å². The highest BCUT2D eigenvalue weighted by molar-refractivity contribution is 5.72. The van der Waals surface area contributed by atoms with Crippen LogP contribution in [-0.4, -0.2) is 11.1 Å². The highest BCUT2D eigenvalue weighted by Crippen LogP contribution is 2.28. The van der Waals surface area contributed by atoms with E-state index in [2.05, 4.69) is 0 Å². The molecule has 2 nitrogen and oxygen atoms in total. The van der Waals surface area contributed by atoms with Crippen molar-refractivity contribution in [3.05, 3.63) is 0 Å². The van der Waals surface area contributed by atoms with Gasteiger partial charge in [0.2, 0.25) is 0 Å². The number of rotatable bonds is 1. The summed E-state index contributed by atoms with van der Waals surface area (Å²) in [6.45, 7) is 0. The minimum Gasteiger partial charge on any atom is -0.481 e. The molecule has 2 atom stereocenters. The van der Waals surface area contributed by atoms with E-state index in [-0.39, 0.29) is 12.3 Å². The smallest absolute Gasteiger partial charge is 0.306 e. The van der Waals surface area contributed by atoms with Crippen LogP contribution in [0.4, 0.5) is 0 Å². The molecule has 0 aliphatic heterocycles. The number of hydrogen-bond acceptors (Lipinski definition) is 1. The summed E-state index contributed by atoms with van der Waals surface area (Å²) in [7, 11) is 0. The molecule has 0 bridgehead atoms. The van der Waals surface area contributed by atoms with E-state index in [0.717, 1.165) is 0 Å². The van der Waals surface area contributed by atoms with Gasteiger partial charge in [-0.2, -0.15) is 0 Å². The van der Waals surface area contributed by atoms with Gasteiger partial charge in [-0.05, 0) is 12.8 Å². The molecule has 1 rings (SSSR count). The lowest BCUT2D eigenvalue weighted by atomic mass is 10.5. The Kier molecular flexibility index (Phi) is 0.420. The second-order valence-electron chi connectivity index (χ2n) is 1.42. The fourth-order valence-corrected chi connectivity index (χ4v) is 0.270. The Labute approximate surface area is 37.2 Å². The van der Waals surface area contributed by atoms with Gasteiger partial charge in [0.1, 0.15) is 0 Å². The molecule has 0 radical (unpaired) electrons. The average molecular weight is 87.1 g/mol. The van der Waals surface area contributed by atoms with Crippen LogP contribution in [0.5, 0.6) is 0 Å². The normalized spacial score (nSPS) is 44.3. The number of aliphatic carboxylic acids is 1. The number of carboxylic acid groups (broad SMARTS) is 1. The van der Waals surface area contributed by atoms with Crippen molar-refractivity contribution in [1.29, 1.82) is 0 Å². The average Bonchev–Trinajstić information content (AvgIpc) is 2.17. The van der Waals surface area contributed by atoms with E-state index >= 15 is 0 Å². The Bertz CT molecular complexity index is 102. The number of carbonyl (C=O) groups is 1. The molecule has 1 N–H and O–H groups in total. The third-order valence-corrected chi connectivity index (χ3v) is 0.789. The van der Waals surface area contributed by atoms with E-state index in [4.69, 9.17) is 6.48 Å². The van der Waals surface area contributed by atoms with Crippen molar-refractivity contribution in [3.63, 3.8) is 0 Å². The molecule has 0 aromatic carbocycles. The van der Waals surface area contributed by atoms with E-state index in [9.17, 15) is 4.79 Å². The Morgan fingerprint density at radius 1 is 2.17 bits per heavy atom. The van der Waals surface area contributed by atoms with E-state index in [1.165, 1.54) is 0 Å². The van der Waals surface area contributed by atoms with Crippen LogP contribution in [0.2, 0.25) is 0 Å². The third-order valence-electron chi connectivity index (χ3n) is 0.789. The second kappa shape index (κ2) is 0.965. The first-order chi connectivity index (χ1) is 3.22. The Balaban J connectivity index is 2.33. The second-order valence-corrected chi connectivity index (χ2v) is 1.42. The molecular weight excluding hydrogens is 80.0 g/mol. The molecule has 1 aliphatic rings. The molecule has 0 aromatic rings. The Morgan fingerprint density at radius 2 is 2.67 bits per heavy atom. The first-order valence-electron chi connectivity index (χ1n) is 2.44. The van der Waals surface area contributed by atoms with Gasteiger partial charge in [0.25, 0.3) is 0 Å². The molecule has 1 fully saturated rings. The molecular formula is C4H6O2. The van der Waals surface area contributed by atoms with Gasteiger partial charge in [-0.3, -0.25) is 4.79 Å². The lowest BCUT2D eigenvalue weighted by Crippen LogP contribution is -1.94. The van der Waals surface area contributed by atoms with Crippen LogP contribution in [0.25, 0.3) is 0 Å².